The van der Waals surface area contributed by atoms with Crippen LogP contribution in [0.25, 0.3) is 0 Å². The quantitative estimate of drug-likeness (QED) is 0.797. The Balaban J connectivity index is 2.01. The highest BCUT2D eigenvalue weighted by atomic mass is 15.4. The molecule has 1 aliphatic heterocycles. The average molecular weight is 307 g/mol. The van der Waals surface area contributed by atoms with Crippen LogP contribution in [0.4, 0.5) is 11.4 Å². The van der Waals surface area contributed by atoms with Crippen molar-refractivity contribution >= 4 is 11.4 Å². The highest BCUT2D eigenvalue weighted by molar-refractivity contribution is 5.68. The fourth-order valence-corrected chi connectivity index (χ4v) is 3.67. The van der Waals surface area contributed by atoms with Crippen LogP contribution in [0.3, 0.4) is 0 Å². The molecule has 23 heavy (non-hydrogen) atoms. The Hall–Kier alpha value is -2.29. The molecule has 1 aromatic heterocycles. The lowest BCUT2D eigenvalue weighted by molar-refractivity contribution is 0.740. The van der Waals surface area contributed by atoms with Crippen LogP contribution in [0.15, 0.2) is 36.7 Å². The van der Waals surface area contributed by atoms with E-state index < -0.39 is 0 Å². The summed E-state index contributed by atoms with van der Waals surface area (Å²) in [6.45, 7) is 12.9. The summed E-state index contributed by atoms with van der Waals surface area (Å²) < 4.78 is 0. The van der Waals surface area contributed by atoms with Crippen molar-refractivity contribution in [3.8, 4) is 0 Å². The van der Waals surface area contributed by atoms with Gasteiger partial charge in [-0.15, -0.1) is 0 Å². The average Bonchev–Trinajstić information content (AvgIpc) is 2.80. The third kappa shape index (κ3) is 2.61. The zero-order valence-electron chi connectivity index (χ0n) is 14.9. The van der Waals surface area contributed by atoms with Gasteiger partial charge in [0.05, 0.1) is 11.4 Å². The van der Waals surface area contributed by atoms with Crippen LogP contribution in [0.5, 0.6) is 0 Å². The van der Waals surface area contributed by atoms with Gasteiger partial charge in [-0.05, 0) is 64.3 Å². The second-order valence-corrected chi connectivity index (χ2v) is 6.50. The van der Waals surface area contributed by atoms with Crippen LogP contribution in [0.1, 0.15) is 35.0 Å². The van der Waals surface area contributed by atoms with Gasteiger partial charge in [0.15, 0.2) is 0 Å². The van der Waals surface area contributed by atoms with E-state index >= 15 is 0 Å². The predicted molar refractivity (Wildman–Crippen MR) is 97.9 cm³/mol. The Labute approximate surface area is 139 Å². The summed E-state index contributed by atoms with van der Waals surface area (Å²) in [5.41, 5.74) is 8.56. The van der Waals surface area contributed by atoms with Gasteiger partial charge in [-0.3, -0.25) is 4.98 Å². The molecule has 0 N–H and O–H groups in total. The zero-order valence-corrected chi connectivity index (χ0v) is 14.9. The largest absolute Gasteiger partial charge is 0.325 e. The van der Waals surface area contributed by atoms with E-state index in [1.807, 2.05) is 0 Å². The Morgan fingerprint density at radius 1 is 0.826 bits per heavy atom. The normalized spacial score (nSPS) is 17.2. The number of rotatable bonds is 2. The number of para-hydroxylation sites is 1. The van der Waals surface area contributed by atoms with Gasteiger partial charge in [-0.25, -0.2) is 0 Å². The third-order valence-corrected chi connectivity index (χ3v) is 4.63. The van der Waals surface area contributed by atoms with Gasteiger partial charge in [0.2, 0.25) is 0 Å². The number of benzene rings is 1. The Bertz CT molecular complexity index is 733. The van der Waals surface area contributed by atoms with Crippen molar-refractivity contribution in [2.45, 2.75) is 47.7 Å². The van der Waals surface area contributed by atoms with Gasteiger partial charge in [-0.1, -0.05) is 18.2 Å². The smallest absolute Gasteiger partial charge is 0.107 e. The second kappa shape index (κ2) is 5.73. The molecule has 0 spiro atoms. The summed E-state index contributed by atoms with van der Waals surface area (Å²) in [5.74, 6) is 0. The highest BCUT2D eigenvalue weighted by Crippen LogP contribution is 2.35. The van der Waals surface area contributed by atoms with Crippen LogP contribution in [-0.2, 0) is 0 Å². The topological polar surface area (TPSA) is 19.4 Å². The van der Waals surface area contributed by atoms with E-state index in [2.05, 4.69) is 93.0 Å². The van der Waals surface area contributed by atoms with E-state index in [4.69, 9.17) is 0 Å². The lowest BCUT2D eigenvalue weighted by atomic mass is 10.1. The van der Waals surface area contributed by atoms with E-state index in [0.717, 1.165) is 11.4 Å². The Kier molecular flexibility index (Phi) is 3.88. The van der Waals surface area contributed by atoms with Crippen LogP contribution in [-0.4, -0.2) is 11.1 Å². The maximum atomic E-state index is 4.65. The van der Waals surface area contributed by atoms with Gasteiger partial charge in [0.25, 0.3) is 0 Å². The van der Waals surface area contributed by atoms with Gasteiger partial charge < -0.3 is 9.80 Å². The standard InChI is InChI=1S/C20H25N3/c1-13-8-7-9-14(2)19(13)22-10-11-23(18(22)6)20-15(3)12-16(4)21-17(20)5/h7-12,18H,1-6H3/t18-/m1/s1. The van der Waals surface area contributed by atoms with Gasteiger partial charge in [0.1, 0.15) is 6.17 Å². The molecule has 1 aromatic carbocycles. The number of hydrogen-bond donors (Lipinski definition) is 0. The number of hydrogen-bond acceptors (Lipinski definition) is 3. The van der Waals surface area contributed by atoms with Crippen molar-refractivity contribution in [1.29, 1.82) is 0 Å². The molecule has 0 saturated heterocycles. The molecule has 3 nitrogen and oxygen atoms in total. The first kappa shape index (κ1) is 15.6. The molecule has 0 aliphatic carbocycles. The Morgan fingerprint density at radius 3 is 1.96 bits per heavy atom. The van der Waals surface area contributed by atoms with E-state index in [9.17, 15) is 0 Å². The highest BCUT2D eigenvalue weighted by Gasteiger charge is 2.28. The van der Waals surface area contributed by atoms with Crippen molar-refractivity contribution < 1.29 is 0 Å². The number of aryl methyl sites for hydroxylation is 5. The van der Waals surface area contributed by atoms with Crippen LogP contribution in [0.2, 0.25) is 0 Å². The first-order valence-corrected chi connectivity index (χ1v) is 8.16. The minimum atomic E-state index is 0.233. The van der Waals surface area contributed by atoms with E-state index in [-0.39, 0.29) is 6.17 Å². The molecule has 2 heterocycles. The van der Waals surface area contributed by atoms with Crippen LogP contribution in [0, 0.1) is 34.6 Å². The maximum absolute atomic E-state index is 4.65. The lowest BCUT2D eigenvalue weighted by Crippen LogP contribution is -2.37. The molecule has 0 unspecified atom stereocenters. The van der Waals surface area contributed by atoms with E-state index in [1.54, 1.807) is 0 Å². The fraction of sp³-hybridized carbons (Fsp3) is 0.350. The van der Waals surface area contributed by atoms with Gasteiger partial charge >= 0.3 is 0 Å². The molecule has 2 aromatic rings. The SMILES string of the molecule is Cc1cc(C)c(N2C=CN(c3c(C)cccc3C)[C@H]2C)c(C)n1. The summed E-state index contributed by atoms with van der Waals surface area (Å²) >= 11 is 0. The molecule has 3 rings (SSSR count). The van der Waals surface area contributed by atoms with Crippen molar-refractivity contribution in [2.24, 2.45) is 0 Å². The van der Waals surface area contributed by atoms with Crippen LogP contribution >= 0.6 is 0 Å². The summed E-state index contributed by atoms with van der Waals surface area (Å²) in [7, 11) is 0. The molecule has 0 fully saturated rings. The molecule has 1 aliphatic rings. The third-order valence-electron chi connectivity index (χ3n) is 4.63. The summed E-state index contributed by atoms with van der Waals surface area (Å²) in [6, 6.07) is 8.63. The Morgan fingerprint density at radius 2 is 1.39 bits per heavy atom. The maximum Gasteiger partial charge on any atom is 0.107 e. The number of aromatic nitrogens is 1. The van der Waals surface area contributed by atoms with Gasteiger partial charge in [-0.2, -0.15) is 0 Å². The first-order chi connectivity index (χ1) is 10.9. The van der Waals surface area contributed by atoms with Crippen molar-refractivity contribution in [2.75, 3.05) is 9.80 Å². The van der Waals surface area contributed by atoms with Crippen molar-refractivity contribution in [3.05, 3.63) is 64.7 Å². The summed E-state index contributed by atoms with van der Waals surface area (Å²) in [4.78, 5) is 9.33. The molecule has 0 saturated carbocycles. The summed E-state index contributed by atoms with van der Waals surface area (Å²) in [6.07, 6.45) is 4.58. The summed E-state index contributed by atoms with van der Waals surface area (Å²) in [5, 5.41) is 0. The number of nitrogens with zero attached hydrogens (tertiary/aromatic N) is 3. The second-order valence-electron chi connectivity index (χ2n) is 6.50. The molecule has 0 radical (unpaired) electrons. The zero-order chi connectivity index (χ0) is 16.7. The van der Waals surface area contributed by atoms with Crippen LogP contribution < -0.4 is 9.80 Å². The predicted octanol–water partition coefficient (Wildman–Crippen LogP) is 4.77. The monoisotopic (exact) mass is 307 g/mol. The molecule has 3 heteroatoms. The van der Waals surface area contributed by atoms with Crippen molar-refractivity contribution in [1.82, 2.24) is 4.98 Å². The fourth-order valence-electron chi connectivity index (χ4n) is 3.67. The lowest BCUT2D eigenvalue weighted by Gasteiger charge is -2.33. The molecular weight excluding hydrogens is 282 g/mol. The molecular formula is C20H25N3. The molecule has 0 bridgehead atoms. The van der Waals surface area contributed by atoms with Gasteiger partial charge in [0, 0.05) is 23.8 Å². The minimum Gasteiger partial charge on any atom is -0.325 e. The van der Waals surface area contributed by atoms with Crippen molar-refractivity contribution in [3.63, 3.8) is 0 Å². The number of pyridine rings is 1. The first-order valence-electron chi connectivity index (χ1n) is 8.16. The van der Waals surface area contributed by atoms with E-state index in [1.165, 1.54) is 28.1 Å². The van der Waals surface area contributed by atoms with E-state index in [0.29, 0.717) is 0 Å². The number of anilines is 2. The minimum absolute atomic E-state index is 0.233. The molecule has 1 atom stereocenters. The molecule has 0 amide bonds. The molecule has 120 valence electrons.